The fourth-order valence-electron chi connectivity index (χ4n) is 2.24. The molecule has 0 saturated carbocycles. The molecule has 0 unspecified atom stereocenters. The number of hydrogen-bond donors (Lipinski definition) is 3. The molecule has 2 aromatic rings. The number of nitrogens with one attached hydrogen (secondary N) is 1. The summed E-state index contributed by atoms with van der Waals surface area (Å²) in [7, 11) is 1.50. The first-order chi connectivity index (χ1) is 14.2. The van der Waals surface area contributed by atoms with E-state index in [9.17, 15) is 18.3 Å². The van der Waals surface area contributed by atoms with Crippen molar-refractivity contribution in [2.45, 2.75) is 20.1 Å². The third-order valence-corrected chi connectivity index (χ3v) is 3.76. The van der Waals surface area contributed by atoms with Crippen molar-refractivity contribution in [2.24, 2.45) is 10.7 Å². The third kappa shape index (κ3) is 7.78. The van der Waals surface area contributed by atoms with Crippen LogP contribution in [-0.2, 0) is 11.3 Å². The molecular formula is C21H24F3N3O3. The maximum absolute atomic E-state index is 12.9. The monoisotopic (exact) mass is 423 g/mol. The zero-order chi connectivity index (χ0) is 22.7. The van der Waals surface area contributed by atoms with Crippen molar-refractivity contribution in [3.63, 3.8) is 0 Å². The van der Waals surface area contributed by atoms with Crippen LogP contribution in [0.15, 0.2) is 65.6 Å². The number of hydrogen-bond acceptors (Lipinski definition) is 6. The van der Waals surface area contributed by atoms with Gasteiger partial charge in [0.25, 0.3) is 0 Å². The molecule has 0 heterocycles. The number of benzene rings is 2. The molecule has 0 aromatic heterocycles. The molecule has 0 aliphatic carbocycles. The Morgan fingerprint density at radius 1 is 1.30 bits per heavy atom. The number of aryl methyl sites for hydroxylation is 1. The van der Waals surface area contributed by atoms with Crippen LogP contribution in [0.1, 0.15) is 11.1 Å². The average molecular weight is 423 g/mol. The Labute approximate surface area is 173 Å². The van der Waals surface area contributed by atoms with Gasteiger partial charge < -0.3 is 25.6 Å². The average Bonchev–Trinajstić information content (AvgIpc) is 2.70. The fraction of sp³-hybridized carbons (Fsp3) is 0.190. The molecule has 0 aliphatic heterocycles. The number of alkyl halides is 2. The topological polar surface area (TPSA) is 89.1 Å². The van der Waals surface area contributed by atoms with Crippen molar-refractivity contribution in [1.29, 1.82) is 0 Å². The molecule has 0 bridgehead atoms. The second-order valence-corrected chi connectivity index (χ2v) is 5.83. The summed E-state index contributed by atoms with van der Waals surface area (Å²) in [6.45, 7) is 6.03. The standard InChI is InChI=1S/C15H14F3NO2.C6H10N2O/c1-9-6-11(21-15(17)18)3-5-13(9)19-8-10-2-4-12(16)14(20)7-10;1-5(8-2)6(4-7)9-3/h2-7,15,19-20H,8H2,1H3;4H,1-2,7H2,3H3/b;6-4+. The minimum atomic E-state index is -2.86. The van der Waals surface area contributed by atoms with Gasteiger partial charge in [0.2, 0.25) is 0 Å². The van der Waals surface area contributed by atoms with Gasteiger partial charge in [0.1, 0.15) is 5.75 Å². The van der Waals surface area contributed by atoms with Gasteiger partial charge in [0.15, 0.2) is 17.3 Å². The first kappa shape index (κ1) is 24.4. The van der Waals surface area contributed by atoms with Crippen LogP contribution >= 0.6 is 0 Å². The maximum Gasteiger partial charge on any atom is 0.387 e. The molecule has 0 spiro atoms. The van der Waals surface area contributed by atoms with Gasteiger partial charge in [-0.2, -0.15) is 8.78 Å². The molecule has 162 valence electrons. The predicted molar refractivity (Wildman–Crippen MR) is 111 cm³/mol. The van der Waals surface area contributed by atoms with Crippen LogP contribution in [0.2, 0.25) is 0 Å². The van der Waals surface area contributed by atoms with Crippen molar-refractivity contribution < 1.29 is 27.8 Å². The van der Waals surface area contributed by atoms with Crippen LogP contribution in [0.4, 0.5) is 18.9 Å². The van der Waals surface area contributed by atoms with Crippen molar-refractivity contribution in [1.82, 2.24) is 0 Å². The first-order valence-corrected chi connectivity index (χ1v) is 8.60. The zero-order valence-electron chi connectivity index (χ0n) is 16.7. The quantitative estimate of drug-likeness (QED) is 0.325. The van der Waals surface area contributed by atoms with Crippen LogP contribution in [0, 0.1) is 12.7 Å². The summed E-state index contributed by atoms with van der Waals surface area (Å²) in [5.41, 5.74) is 7.74. The van der Waals surface area contributed by atoms with Crippen LogP contribution in [0.3, 0.4) is 0 Å². The second kappa shape index (κ2) is 12.1. The van der Waals surface area contributed by atoms with Crippen LogP contribution in [-0.4, -0.2) is 25.5 Å². The smallest absolute Gasteiger partial charge is 0.387 e. The number of phenolic OH excluding ortho intramolecular Hbond substituents is 1. The van der Waals surface area contributed by atoms with E-state index >= 15 is 0 Å². The summed E-state index contributed by atoms with van der Waals surface area (Å²) in [6, 6.07) is 8.60. The lowest BCUT2D eigenvalue weighted by molar-refractivity contribution is -0.0498. The Balaban J connectivity index is 0.000000424. The molecule has 0 aliphatic rings. The summed E-state index contributed by atoms with van der Waals surface area (Å²) in [5, 5.41) is 12.4. The minimum Gasteiger partial charge on any atom is -0.505 e. The Hall–Kier alpha value is -3.62. The number of ether oxygens (including phenoxy) is 2. The van der Waals surface area contributed by atoms with Crippen molar-refractivity contribution in [3.8, 4) is 11.5 Å². The maximum atomic E-state index is 12.9. The lowest BCUT2D eigenvalue weighted by atomic mass is 10.1. The van der Waals surface area contributed by atoms with Crippen LogP contribution in [0.5, 0.6) is 11.5 Å². The molecule has 0 amide bonds. The zero-order valence-corrected chi connectivity index (χ0v) is 16.7. The van der Waals surface area contributed by atoms with Gasteiger partial charge >= 0.3 is 6.61 Å². The van der Waals surface area contributed by atoms with Gasteiger partial charge in [-0.05, 0) is 55.1 Å². The largest absolute Gasteiger partial charge is 0.505 e. The lowest BCUT2D eigenvalue weighted by Crippen LogP contribution is -2.04. The normalized spacial score (nSPS) is 10.7. The number of halogens is 3. The van der Waals surface area contributed by atoms with E-state index in [-0.39, 0.29) is 5.75 Å². The number of nitrogens with two attached hydrogens (primary N) is 1. The second-order valence-electron chi connectivity index (χ2n) is 5.83. The molecule has 2 rings (SSSR count). The Kier molecular flexibility index (Phi) is 9.81. The van der Waals surface area contributed by atoms with Crippen LogP contribution < -0.4 is 15.8 Å². The minimum absolute atomic E-state index is 0.0903. The number of aromatic hydroxyl groups is 1. The Bertz CT molecular complexity index is 902. The molecule has 0 fully saturated rings. The summed E-state index contributed by atoms with van der Waals surface area (Å²) in [6.07, 6.45) is 1.29. The summed E-state index contributed by atoms with van der Waals surface area (Å²) in [5.74, 6) is -0.549. The molecule has 0 saturated heterocycles. The lowest BCUT2D eigenvalue weighted by Gasteiger charge is -2.12. The van der Waals surface area contributed by atoms with E-state index in [1.807, 2.05) is 0 Å². The van der Waals surface area contributed by atoms with Gasteiger partial charge in [0, 0.05) is 18.4 Å². The van der Waals surface area contributed by atoms with Crippen LogP contribution in [0.25, 0.3) is 0 Å². The highest BCUT2D eigenvalue weighted by Gasteiger charge is 2.07. The molecule has 9 heteroatoms. The number of methoxy groups -OCH3 is 1. The van der Waals surface area contributed by atoms with Crippen molar-refractivity contribution in [2.75, 3.05) is 12.4 Å². The van der Waals surface area contributed by atoms with Gasteiger partial charge in [-0.3, -0.25) is 4.99 Å². The summed E-state index contributed by atoms with van der Waals surface area (Å²) < 4.78 is 46.2. The van der Waals surface area contributed by atoms with Crippen molar-refractivity contribution in [3.05, 3.63) is 77.6 Å². The molecule has 6 nitrogen and oxygen atoms in total. The molecule has 0 radical (unpaired) electrons. The van der Waals surface area contributed by atoms with E-state index in [0.717, 1.165) is 11.3 Å². The van der Waals surface area contributed by atoms with E-state index in [4.69, 9.17) is 10.5 Å². The fourth-order valence-corrected chi connectivity index (χ4v) is 2.24. The number of phenols is 1. The number of anilines is 1. The van der Waals surface area contributed by atoms with E-state index in [0.29, 0.717) is 23.6 Å². The van der Waals surface area contributed by atoms with E-state index < -0.39 is 18.2 Å². The molecule has 0 atom stereocenters. The Morgan fingerprint density at radius 2 is 2.00 bits per heavy atom. The summed E-state index contributed by atoms with van der Waals surface area (Å²) in [4.78, 5) is 3.51. The van der Waals surface area contributed by atoms with Crippen molar-refractivity contribution >= 4 is 12.4 Å². The third-order valence-electron chi connectivity index (χ3n) is 3.76. The number of aliphatic imine (C=N–C) groups is 1. The predicted octanol–water partition coefficient (Wildman–Crippen LogP) is 4.70. The summed E-state index contributed by atoms with van der Waals surface area (Å²) >= 11 is 0. The van der Waals surface area contributed by atoms with Gasteiger partial charge in [-0.25, -0.2) is 4.39 Å². The van der Waals surface area contributed by atoms with E-state index in [1.54, 1.807) is 19.1 Å². The first-order valence-electron chi connectivity index (χ1n) is 8.60. The van der Waals surface area contributed by atoms with Gasteiger partial charge in [0.05, 0.1) is 12.8 Å². The van der Waals surface area contributed by atoms with E-state index in [1.165, 1.54) is 37.6 Å². The highest BCUT2D eigenvalue weighted by Crippen LogP contribution is 2.24. The van der Waals surface area contributed by atoms with Gasteiger partial charge in [-0.15, -0.1) is 0 Å². The molecule has 2 aromatic carbocycles. The highest BCUT2D eigenvalue weighted by molar-refractivity contribution is 5.54. The van der Waals surface area contributed by atoms with Gasteiger partial charge in [-0.1, -0.05) is 12.6 Å². The molecule has 4 N–H and O–H groups in total. The Morgan fingerprint density at radius 3 is 2.47 bits per heavy atom. The number of nitrogens with zero attached hydrogens (tertiary/aromatic N) is 1. The highest BCUT2D eigenvalue weighted by atomic mass is 19.3. The SMILES string of the molecule is C=NC(=C)/C(=C\N)OC.Cc1cc(OC(F)F)ccc1NCc1ccc(F)c(O)c1. The van der Waals surface area contributed by atoms with E-state index in [2.05, 4.69) is 28.3 Å². The number of rotatable bonds is 8. The molecule has 30 heavy (non-hydrogen) atoms. The molecular weight excluding hydrogens is 399 g/mol.